The van der Waals surface area contributed by atoms with E-state index in [1.165, 1.54) is 31.5 Å². The van der Waals surface area contributed by atoms with E-state index >= 15 is 0 Å². The number of nitrogens with zero attached hydrogens (tertiary/aromatic N) is 1. The number of aromatic hydroxyl groups is 1. The molecule has 2 nitrogen and oxygen atoms in total. The molecular formula is C11H16ClNO. The molecule has 3 heteroatoms. The van der Waals surface area contributed by atoms with Gasteiger partial charge in [-0.3, -0.25) is 4.90 Å². The van der Waals surface area contributed by atoms with Crippen molar-refractivity contribution in [2.24, 2.45) is 0 Å². The zero-order chi connectivity index (χ0) is 9.10. The largest absolute Gasteiger partial charge is 0.508 e. The highest BCUT2D eigenvalue weighted by atomic mass is 35.5. The number of phenols is 1. The first-order chi connectivity index (χ1) is 6.34. The summed E-state index contributed by atoms with van der Waals surface area (Å²) in [5.41, 5.74) is 1.29. The maximum Gasteiger partial charge on any atom is 0.115 e. The third-order valence-electron chi connectivity index (χ3n) is 2.54. The molecule has 78 valence electrons. The molecule has 1 N–H and O–H groups in total. The Morgan fingerprint density at radius 3 is 2.21 bits per heavy atom. The summed E-state index contributed by atoms with van der Waals surface area (Å²) in [6, 6.07) is 7.50. The summed E-state index contributed by atoms with van der Waals surface area (Å²) in [7, 11) is 0. The molecule has 1 saturated heterocycles. The quantitative estimate of drug-likeness (QED) is 0.816. The van der Waals surface area contributed by atoms with E-state index in [1.807, 2.05) is 12.1 Å². The van der Waals surface area contributed by atoms with Crippen LogP contribution >= 0.6 is 12.4 Å². The summed E-state index contributed by atoms with van der Waals surface area (Å²) in [5.74, 6) is 0.352. The molecule has 1 heterocycles. The standard InChI is InChI=1S/C11H15NO.ClH/c13-11-5-3-10(4-6-11)9-12-7-1-2-8-12;/h3-6,13H,1-2,7-9H2;1H. The first kappa shape index (κ1) is 11.3. The van der Waals surface area contributed by atoms with Crippen molar-refractivity contribution in [2.45, 2.75) is 19.4 Å². The van der Waals surface area contributed by atoms with Gasteiger partial charge in [0.15, 0.2) is 0 Å². The normalized spacial score (nSPS) is 16.6. The Morgan fingerprint density at radius 1 is 1.07 bits per heavy atom. The molecule has 0 amide bonds. The third kappa shape index (κ3) is 2.89. The SMILES string of the molecule is Cl.Oc1ccc(CN2CCCC2)cc1. The fraction of sp³-hybridized carbons (Fsp3) is 0.455. The lowest BCUT2D eigenvalue weighted by molar-refractivity contribution is 0.331. The molecule has 0 bridgehead atoms. The molecule has 0 atom stereocenters. The second-order valence-corrected chi connectivity index (χ2v) is 3.65. The van der Waals surface area contributed by atoms with Crippen LogP contribution in [-0.2, 0) is 6.54 Å². The molecule has 0 radical (unpaired) electrons. The molecule has 0 spiro atoms. The van der Waals surface area contributed by atoms with E-state index in [4.69, 9.17) is 5.11 Å². The molecule has 1 aromatic rings. The van der Waals surface area contributed by atoms with E-state index < -0.39 is 0 Å². The fourth-order valence-corrected chi connectivity index (χ4v) is 1.80. The van der Waals surface area contributed by atoms with Crippen LogP contribution in [0.3, 0.4) is 0 Å². The number of rotatable bonds is 2. The molecule has 0 aliphatic carbocycles. The van der Waals surface area contributed by atoms with E-state index in [9.17, 15) is 0 Å². The maximum absolute atomic E-state index is 9.10. The summed E-state index contributed by atoms with van der Waals surface area (Å²) >= 11 is 0. The van der Waals surface area contributed by atoms with Crippen molar-refractivity contribution in [2.75, 3.05) is 13.1 Å². The van der Waals surface area contributed by atoms with Crippen molar-refractivity contribution in [3.8, 4) is 5.75 Å². The van der Waals surface area contributed by atoms with Gasteiger partial charge in [0.2, 0.25) is 0 Å². The summed E-state index contributed by atoms with van der Waals surface area (Å²) < 4.78 is 0. The number of halogens is 1. The Kier molecular flexibility index (Phi) is 4.23. The van der Waals surface area contributed by atoms with Gasteiger partial charge in [0.05, 0.1) is 0 Å². The highest BCUT2D eigenvalue weighted by Crippen LogP contribution is 2.14. The average Bonchev–Trinajstić information content (AvgIpc) is 2.62. The zero-order valence-electron chi connectivity index (χ0n) is 8.15. The molecule has 0 aromatic heterocycles. The Labute approximate surface area is 91.0 Å². The summed E-state index contributed by atoms with van der Waals surface area (Å²) in [6.07, 6.45) is 2.66. The van der Waals surface area contributed by atoms with Crippen molar-refractivity contribution in [3.63, 3.8) is 0 Å². The molecule has 0 saturated carbocycles. The van der Waals surface area contributed by atoms with Gasteiger partial charge in [0.25, 0.3) is 0 Å². The van der Waals surface area contributed by atoms with Gasteiger partial charge < -0.3 is 5.11 Å². The van der Waals surface area contributed by atoms with Crippen LogP contribution in [0.2, 0.25) is 0 Å². The monoisotopic (exact) mass is 213 g/mol. The van der Waals surface area contributed by atoms with Gasteiger partial charge in [-0.2, -0.15) is 0 Å². The average molecular weight is 214 g/mol. The fourth-order valence-electron chi connectivity index (χ4n) is 1.80. The van der Waals surface area contributed by atoms with Gasteiger partial charge in [0.1, 0.15) is 5.75 Å². The third-order valence-corrected chi connectivity index (χ3v) is 2.54. The maximum atomic E-state index is 9.10. The van der Waals surface area contributed by atoms with Crippen LogP contribution in [0.1, 0.15) is 18.4 Å². The van der Waals surface area contributed by atoms with Crippen LogP contribution in [-0.4, -0.2) is 23.1 Å². The minimum atomic E-state index is 0. The second-order valence-electron chi connectivity index (χ2n) is 3.65. The minimum Gasteiger partial charge on any atom is -0.508 e. The first-order valence-electron chi connectivity index (χ1n) is 4.85. The van der Waals surface area contributed by atoms with Crippen molar-refractivity contribution < 1.29 is 5.11 Å². The number of likely N-dealkylation sites (tertiary alicyclic amines) is 1. The predicted octanol–water partition coefficient (Wildman–Crippen LogP) is 2.41. The van der Waals surface area contributed by atoms with E-state index in [2.05, 4.69) is 4.90 Å². The Balaban J connectivity index is 0.000000980. The molecule has 0 unspecified atom stereocenters. The Bertz CT molecular complexity index is 267. The molecule has 1 aliphatic heterocycles. The van der Waals surface area contributed by atoms with E-state index in [1.54, 1.807) is 12.1 Å². The lowest BCUT2D eigenvalue weighted by Gasteiger charge is -2.14. The molecule has 1 aliphatic rings. The van der Waals surface area contributed by atoms with Crippen molar-refractivity contribution in [1.29, 1.82) is 0 Å². The molecule has 1 aromatic carbocycles. The highest BCUT2D eigenvalue weighted by molar-refractivity contribution is 5.85. The van der Waals surface area contributed by atoms with Gasteiger partial charge in [-0.05, 0) is 43.6 Å². The summed E-state index contributed by atoms with van der Waals surface area (Å²) in [5, 5.41) is 9.10. The van der Waals surface area contributed by atoms with Crippen LogP contribution in [0, 0.1) is 0 Å². The van der Waals surface area contributed by atoms with Crippen LogP contribution < -0.4 is 0 Å². The van der Waals surface area contributed by atoms with Gasteiger partial charge >= 0.3 is 0 Å². The molecule has 1 fully saturated rings. The van der Waals surface area contributed by atoms with Crippen LogP contribution in [0.5, 0.6) is 5.75 Å². The first-order valence-corrected chi connectivity index (χ1v) is 4.85. The minimum absolute atomic E-state index is 0. The number of hydrogen-bond acceptors (Lipinski definition) is 2. The van der Waals surface area contributed by atoms with Gasteiger partial charge in [0, 0.05) is 6.54 Å². The molecular weight excluding hydrogens is 198 g/mol. The smallest absolute Gasteiger partial charge is 0.115 e. The second kappa shape index (κ2) is 5.23. The Hall–Kier alpha value is -0.730. The van der Waals surface area contributed by atoms with Crippen molar-refractivity contribution >= 4 is 12.4 Å². The number of phenolic OH excluding ortho intramolecular Hbond substituents is 1. The van der Waals surface area contributed by atoms with Crippen LogP contribution in [0.4, 0.5) is 0 Å². The lowest BCUT2D eigenvalue weighted by atomic mass is 10.2. The zero-order valence-corrected chi connectivity index (χ0v) is 8.96. The van der Waals surface area contributed by atoms with Crippen LogP contribution in [0.25, 0.3) is 0 Å². The van der Waals surface area contributed by atoms with Crippen LogP contribution in [0.15, 0.2) is 24.3 Å². The molecule has 14 heavy (non-hydrogen) atoms. The summed E-state index contributed by atoms with van der Waals surface area (Å²) in [6.45, 7) is 3.47. The molecule has 2 rings (SSSR count). The summed E-state index contributed by atoms with van der Waals surface area (Å²) in [4.78, 5) is 2.45. The van der Waals surface area contributed by atoms with Gasteiger partial charge in [-0.25, -0.2) is 0 Å². The topological polar surface area (TPSA) is 23.5 Å². The van der Waals surface area contributed by atoms with Gasteiger partial charge in [-0.15, -0.1) is 12.4 Å². The van der Waals surface area contributed by atoms with Crippen molar-refractivity contribution in [1.82, 2.24) is 4.90 Å². The highest BCUT2D eigenvalue weighted by Gasteiger charge is 2.11. The predicted molar refractivity (Wildman–Crippen MR) is 59.9 cm³/mol. The Morgan fingerprint density at radius 2 is 1.64 bits per heavy atom. The number of benzene rings is 1. The van der Waals surface area contributed by atoms with E-state index in [0.717, 1.165) is 6.54 Å². The lowest BCUT2D eigenvalue weighted by Crippen LogP contribution is -2.18. The van der Waals surface area contributed by atoms with E-state index in [0.29, 0.717) is 5.75 Å². The van der Waals surface area contributed by atoms with E-state index in [-0.39, 0.29) is 12.4 Å². The van der Waals surface area contributed by atoms with Crippen molar-refractivity contribution in [3.05, 3.63) is 29.8 Å². The van der Waals surface area contributed by atoms with Gasteiger partial charge in [-0.1, -0.05) is 12.1 Å². The number of hydrogen-bond donors (Lipinski definition) is 1.